The summed E-state index contributed by atoms with van der Waals surface area (Å²) in [5.41, 5.74) is 6.99. The Morgan fingerprint density at radius 3 is 2.62 bits per heavy atom. The minimum atomic E-state index is -0.0767. The number of nitrogens with one attached hydrogen (secondary N) is 2. The summed E-state index contributed by atoms with van der Waals surface area (Å²) in [6.45, 7) is 3.93. The van der Waals surface area contributed by atoms with Crippen molar-refractivity contribution in [1.82, 2.24) is 10.9 Å². The van der Waals surface area contributed by atoms with Crippen LogP contribution in [0.15, 0.2) is 64.5 Å². The van der Waals surface area contributed by atoms with E-state index in [1.54, 1.807) is 18.9 Å². The molecule has 2 aromatic carbocycles. The molecule has 0 saturated heterocycles. The summed E-state index contributed by atoms with van der Waals surface area (Å²) in [5, 5.41) is 0. The average molecular weight is 407 g/mol. The normalized spacial score (nSPS) is 10.1. The van der Waals surface area contributed by atoms with Gasteiger partial charge in [0.25, 0.3) is 0 Å². The number of ether oxygens (including phenoxy) is 1. The first kappa shape index (κ1) is 18.4. The topological polar surface area (TPSA) is 50.4 Å². The van der Waals surface area contributed by atoms with Gasteiger partial charge in [-0.3, -0.25) is 15.6 Å². The highest BCUT2D eigenvalue weighted by Crippen LogP contribution is 2.27. The minimum Gasteiger partial charge on any atom is -0.496 e. The van der Waals surface area contributed by atoms with Crippen LogP contribution in [0.2, 0.25) is 0 Å². The van der Waals surface area contributed by atoms with Crippen molar-refractivity contribution in [3.8, 4) is 5.75 Å². The highest BCUT2D eigenvalue weighted by Gasteiger charge is 2.06. The molecule has 6 heteroatoms. The van der Waals surface area contributed by atoms with Gasteiger partial charge in [-0.25, -0.2) is 0 Å². The van der Waals surface area contributed by atoms with Crippen molar-refractivity contribution in [3.63, 3.8) is 0 Å². The van der Waals surface area contributed by atoms with E-state index in [9.17, 15) is 4.79 Å². The molecule has 1 amide bonds. The van der Waals surface area contributed by atoms with Crippen molar-refractivity contribution in [2.24, 2.45) is 0 Å². The minimum absolute atomic E-state index is 0.0767. The molecule has 24 heavy (non-hydrogen) atoms. The third-order valence-corrected chi connectivity index (χ3v) is 4.83. The molecule has 0 aliphatic heterocycles. The largest absolute Gasteiger partial charge is 0.496 e. The lowest BCUT2D eigenvalue weighted by Gasteiger charge is -2.12. The maximum Gasteiger partial charge on any atom is 0.239 e. The van der Waals surface area contributed by atoms with Gasteiger partial charge < -0.3 is 4.74 Å². The predicted molar refractivity (Wildman–Crippen MR) is 103 cm³/mol. The summed E-state index contributed by atoms with van der Waals surface area (Å²) in [7, 11) is 1.61. The van der Waals surface area contributed by atoms with Gasteiger partial charge >= 0.3 is 0 Å². The molecule has 0 fully saturated rings. The lowest BCUT2D eigenvalue weighted by Crippen LogP contribution is -2.36. The first-order valence-corrected chi connectivity index (χ1v) is 9.13. The number of hydrazine groups is 1. The van der Waals surface area contributed by atoms with Crippen LogP contribution in [0.1, 0.15) is 12.0 Å². The molecule has 0 spiro atoms. The Kier molecular flexibility index (Phi) is 7.21. The monoisotopic (exact) mass is 406 g/mol. The number of hydrogen-bond acceptors (Lipinski definition) is 4. The summed E-state index contributed by atoms with van der Waals surface area (Å²) < 4.78 is 6.02. The molecule has 0 aliphatic carbocycles. The van der Waals surface area contributed by atoms with Crippen LogP contribution in [-0.2, 0) is 4.79 Å². The first-order valence-electron chi connectivity index (χ1n) is 7.35. The molecule has 0 heterocycles. The first-order chi connectivity index (χ1) is 11.6. The van der Waals surface area contributed by atoms with Crippen molar-refractivity contribution in [2.45, 2.75) is 11.3 Å². The highest BCUT2D eigenvalue weighted by atomic mass is 79.9. The van der Waals surface area contributed by atoms with Crippen LogP contribution in [0.5, 0.6) is 5.75 Å². The summed E-state index contributed by atoms with van der Waals surface area (Å²) in [6.07, 6.45) is 0.423. The maximum atomic E-state index is 11.9. The molecular weight excluding hydrogens is 388 g/mol. The van der Waals surface area contributed by atoms with E-state index in [1.807, 2.05) is 48.5 Å². The number of thioether (sulfide) groups is 1. The quantitative estimate of drug-likeness (QED) is 0.508. The van der Waals surface area contributed by atoms with E-state index in [0.717, 1.165) is 26.4 Å². The fraction of sp³-hybridized carbons (Fsp3) is 0.167. The Bertz CT molecular complexity index is 707. The van der Waals surface area contributed by atoms with E-state index in [0.29, 0.717) is 12.1 Å². The van der Waals surface area contributed by atoms with Gasteiger partial charge in [-0.05, 0) is 46.3 Å². The van der Waals surface area contributed by atoms with Gasteiger partial charge in [-0.2, -0.15) is 0 Å². The summed E-state index contributed by atoms with van der Waals surface area (Å²) in [5.74, 6) is 1.39. The molecule has 126 valence electrons. The Labute approximate surface area is 154 Å². The fourth-order valence-electron chi connectivity index (χ4n) is 1.91. The van der Waals surface area contributed by atoms with Gasteiger partial charge in [0.15, 0.2) is 0 Å². The molecule has 0 atom stereocenters. The molecule has 0 radical (unpaired) electrons. The molecule has 0 bridgehead atoms. The maximum absolute atomic E-state index is 11.9. The molecule has 0 aromatic heterocycles. The molecule has 4 nitrogen and oxygen atoms in total. The SMILES string of the molecule is C=C(NNC(=O)CCSc1ccccc1)c1ccc(OC)c(Br)c1. The average Bonchev–Trinajstić information content (AvgIpc) is 2.60. The number of hydrogen-bond donors (Lipinski definition) is 2. The van der Waals surface area contributed by atoms with Crippen molar-refractivity contribution in [3.05, 3.63) is 65.1 Å². The molecule has 2 rings (SSSR count). The Morgan fingerprint density at radius 1 is 1.21 bits per heavy atom. The molecule has 0 unspecified atom stereocenters. The van der Waals surface area contributed by atoms with Gasteiger partial charge in [0.05, 0.1) is 17.3 Å². The van der Waals surface area contributed by atoms with Crippen molar-refractivity contribution in [2.75, 3.05) is 12.9 Å². The number of rotatable bonds is 8. The van der Waals surface area contributed by atoms with Crippen LogP contribution in [0.4, 0.5) is 0 Å². The van der Waals surface area contributed by atoms with Crippen LogP contribution in [0, 0.1) is 0 Å². The number of benzene rings is 2. The van der Waals surface area contributed by atoms with Crippen LogP contribution in [0.25, 0.3) is 5.70 Å². The van der Waals surface area contributed by atoms with E-state index in [2.05, 4.69) is 33.4 Å². The van der Waals surface area contributed by atoms with Gasteiger partial charge in [0, 0.05) is 22.6 Å². The zero-order valence-electron chi connectivity index (χ0n) is 13.3. The lowest BCUT2D eigenvalue weighted by molar-refractivity contribution is -0.121. The fourth-order valence-corrected chi connectivity index (χ4v) is 3.33. The second kappa shape index (κ2) is 9.39. The van der Waals surface area contributed by atoms with Gasteiger partial charge in [-0.1, -0.05) is 24.8 Å². The van der Waals surface area contributed by atoms with E-state index >= 15 is 0 Å². The van der Waals surface area contributed by atoms with Crippen molar-refractivity contribution >= 4 is 39.3 Å². The van der Waals surface area contributed by atoms with E-state index < -0.39 is 0 Å². The summed E-state index contributed by atoms with van der Waals surface area (Å²) >= 11 is 5.08. The third-order valence-electron chi connectivity index (χ3n) is 3.19. The molecular formula is C18H19BrN2O2S. The zero-order valence-corrected chi connectivity index (χ0v) is 15.7. The van der Waals surface area contributed by atoms with Gasteiger partial charge in [0.2, 0.25) is 5.91 Å². The van der Waals surface area contributed by atoms with Gasteiger partial charge in [0.1, 0.15) is 5.75 Å². The van der Waals surface area contributed by atoms with Crippen LogP contribution in [-0.4, -0.2) is 18.8 Å². The van der Waals surface area contributed by atoms with E-state index in [4.69, 9.17) is 4.74 Å². The highest BCUT2D eigenvalue weighted by molar-refractivity contribution is 9.10. The summed E-state index contributed by atoms with van der Waals surface area (Å²) in [6, 6.07) is 15.6. The standard InChI is InChI=1S/C18H19BrN2O2S/c1-13(14-8-9-17(23-2)16(19)12-14)20-21-18(22)10-11-24-15-6-4-3-5-7-15/h3-9,12,20H,1,10-11H2,2H3,(H,21,22). The second-order valence-corrected chi connectivity index (χ2v) is 6.94. The van der Waals surface area contributed by atoms with E-state index in [1.165, 1.54) is 0 Å². The number of carbonyl (C=O) groups is 1. The second-order valence-electron chi connectivity index (χ2n) is 4.91. The van der Waals surface area contributed by atoms with Gasteiger partial charge in [-0.15, -0.1) is 11.8 Å². The molecule has 0 saturated carbocycles. The number of carbonyl (C=O) groups excluding carboxylic acids is 1. The third kappa shape index (κ3) is 5.62. The van der Waals surface area contributed by atoms with Crippen LogP contribution >= 0.6 is 27.7 Å². The summed E-state index contributed by atoms with van der Waals surface area (Å²) in [4.78, 5) is 13.0. The van der Waals surface area contributed by atoms with Crippen molar-refractivity contribution in [1.29, 1.82) is 0 Å². The number of methoxy groups -OCH3 is 1. The zero-order chi connectivity index (χ0) is 17.4. The number of halogens is 1. The Hall–Kier alpha value is -1.92. The smallest absolute Gasteiger partial charge is 0.239 e. The molecule has 2 aromatic rings. The lowest BCUT2D eigenvalue weighted by atomic mass is 10.2. The predicted octanol–water partition coefficient (Wildman–Crippen LogP) is 4.23. The Morgan fingerprint density at radius 2 is 1.96 bits per heavy atom. The van der Waals surface area contributed by atoms with Crippen molar-refractivity contribution < 1.29 is 9.53 Å². The number of amides is 1. The molecule has 0 aliphatic rings. The van der Waals surface area contributed by atoms with Crippen LogP contribution in [0.3, 0.4) is 0 Å². The van der Waals surface area contributed by atoms with E-state index in [-0.39, 0.29) is 5.91 Å². The molecule has 2 N–H and O–H groups in total. The van der Waals surface area contributed by atoms with Crippen LogP contribution < -0.4 is 15.6 Å². The Balaban J connectivity index is 1.75.